The molecule has 1 aromatic heterocycles. The maximum atomic E-state index is 13.0. The molecule has 0 saturated heterocycles. The fraction of sp³-hybridized carbons (Fsp3) is 0.286. The smallest absolute Gasteiger partial charge is 0.434 e. The van der Waals surface area contributed by atoms with E-state index in [1.54, 1.807) is 0 Å². The van der Waals surface area contributed by atoms with Gasteiger partial charge in [-0.15, -0.1) is 5.10 Å². The summed E-state index contributed by atoms with van der Waals surface area (Å²) in [6, 6.07) is 3.19. The molecule has 1 amide bonds. The second kappa shape index (κ2) is 8.21. The van der Waals surface area contributed by atoms with E-state index in [1.165, 1.54) is 0 Å². The first-order chi connectivity index (χ1) is 13.0. The van der Waals surface area contributed by atoms with Crippen LogP contribution in [-0.4, -0.2) is 39.1 Å². The van der Waals surface area contributed by atoms with Gasteiger partial charge in [-0.1, -0.05) is 11.6 Å². The van der Waals surface area contributed by atoms with Crippen LogP contribution in [0.15, 0.2) is 18.2 Å². The summed E-state index contributed by atoms with van der Waals surface area (Å²) in [7, 11) is 1.03. The summed E-state index contributed by atoms with van der Waals surface area (Å²) in [5, 5.41) is 24.3. The number of carbonyl (C=O) groups is 1. The second-order valence-electron chi connectivity index (χ2n) is 5.16. The average molecular weight is 425 g/mol. The van der Waals surface area contributed by atoms with Crippen molar-refractivity contribution in [3.8, 4) is 17.4 Å². The van der Waals surface area contributed by atoms with Gasteiger partial charge in [-0.2, -0.15) is 13.2 Å². The maximum Gasteiger partial charge on any atom is 0.434 e. The van der Waals surface area contributed by atoms with Gasteiger partial charge in [0.15, 0.2) is 5.69 Å². The number of carboxylic acid groups (broad SMARTS) is 1. The predicted molar refractivity (Wildman–Crippen MR) is 87.9 cm³/mol. The molecule has 2 N–H and O–H groups in total. The van der Waals surface area contributed by atoms with Crippen LogP contribution in [0.2, 0.25) is 5.02 Å². The Bertz CT molecular complexity index is 902. The summed E-state index contributed by atoms with van der Waals surface area (Å²) in [5.41, 5.74) is -1.67. The molecule has 0 aliphatic heterocycles. The Hall–Kier alpha value is -3.22. The first-order valence-corrected chi connectivity index (χ1v) is 7.74. The van der Waals surface area contributed by atoms with Crippen molar-refractivity contribution in [2.24, 2.45) is 7.05 Å². The Morgan fingerprint density at radius 1 is 1.46 bits per heavy atom. The van der Waals surface area contributed by atoms with Gasteiger partial charge in [-0.25, -0.2) is 4.79 Å². The number of nitro groups is 1. The van der Waals surface area contributed by atoms with E-state index in [9.17, 15) is 28.1 Å². The molecule has 1 aromatic carbocycles. The third-order valence-electron chi connectivity index (χ3n) is 3.21. The highest BCUT2D eigenvalue weighted by molar-refractivity contribution is 6.32. The summed E-state index contributed by atoms with van der Waals surface area (Å²) >= 11 is 5.69. The van der Waals surface area contributed by atoms with Gasteiger partial charge in [0.1, 0.15) is 17.4 Å². The van der Waals surface area contributed by atoms with E-state index < -0.39 is 39.5 Å². The zero-order chi connectivity index (χ0) is 21.1. The molecule has 0 radical (unpaired) electrons. The van der Waals surface area contributed by atoms with Crippen LogP contribution in [0.25, 0.3) is 0 Å². The number of benzene rings is 1. The molecule has 1 heterocycles. The van der Waals surface area contributed by atoms with E-state index in [1.807, 2.05) is 5.32 Å². The number of ether oxygens (including phenoxy) is 2. The van der Waals surface area contributed by atoms with Gasteiger partial charge in [0.2, 0.25) is 5.75 Å². The molecular formula is C14H12ClF3N4O6. The third kappa shape index (κ3) is 4.94. The van der Waals surface area contributed by atoms with Crippen LogP contribution in [-0.2, 0) is 13.2 Å². The van der Waals surface area contributed by atoms with Crippen molar-refractivity contribution in [2.75, 3.05) is 13.2 Å². The van der Waals surface area contributed by atoms with Crippen LogP contribution in [0.1, 0.15) is 5.69 Å². The fourth-order valence-electron chi connectivity index (χ4n) is 2.10. The van der Waals surface area contributed by atoms with Crippen molar-refractivity contribution in [3.63, 3.8) is 0 Å². The maximum absolute atomic E-state index is 13.0. The minimum atomic E-state index is -4.76. The first kappa shape index (κ1) is 21.1. The standard InChI is InChI=1S/C14H12ClF3N4O6/c1-21-11(14(16,17)18)10(15)12(20-21)28-7-2-3-8(22(25)26)9(6-7)27-5-4-19-13(23)24/h2-3,6,19H,4-5H2,1H3,(H,23,24). The van der Waals surface area contributed by atoms with Crippen LogP contribution in [0, 0.1) is 10.1 Å². The Balaban J connectivity index is 2.26. The summed E-state index contributed by atoms with van der Waals surface area (Å²) in [6.07, 6.45) is -6.07. The molecule has 14 heteroatoms. The van der Waals surface area contributed by atoms with E-state index in [4.69, 9.17) is 26.2 Å². The molecule has 2 rings (SSSR count). The fourth-order valence-corrected chi connectivity index (χ4v) is 2.41. The molecular weight excluding hydrogens is 413 g/mol. The van der Waals surface area contributed by atoms with Gasteiger partial charge in [0, 0.05) is 19.2 Å². The van der Waals surface area contributed by atoms with Crippen LogP contribution in [0.3, 0.4) is 0 Å². The zero-order valence-electron chi connectivity index (χ0n) is 14.0. The van der Waals surface area contributed by atoms with Crippen molar-refractivity contribution in [2.45, 2.75) is 6.18 Å². The van der Waals surface area contributed by atoms with Gasteiger partial charge in [0.25, 0.3) is 5.88 Å². The minimum absolute atomic E-state index is 0.125. The lowest BCUT2D eigenvalue weighted by atomic mass is 10.3. The Morgan fingerprint density at radius 3 is 2.68 bits per heavy atom. The zero-order valence-corrected chi connectivity index (χ0v) is 14.7. The number of alkyl halides is 3. The number of hydrogen-bond donors (Lipinski definition) is 2. The van der Waals surface area contributed by atoms with E-state index >= 15 is 0 Å². The lowest BCUT2D eigenvalue weighted by Gasteiger charge is -2.09. The lowest BCUT2D eigenvalue weighted by Crippen LogP contribution is -2.26. The molecule has 0 fully saturated rings. The van der Waals surface area contributed by atoms with E-state index in [-0.39, 0.29) is 24.7 Å². The van der Waals surface area contributed by atoms with E-state index in [2.05, 4.69) is 5.10 Å². The lowest BCUT2D eigenvalue weighted by molar-refractivity contribution is -0.385. The molecule has 28 heavy (non-hydrogen) atoms. The van der Waals surface area contributed by atoms with Crippen molar-refractivity contribution >= 4 is 23.4 Å². The predicted octanol–water partition coefficient (Wildman–Crippen LogP) is 3.44. The minimum Gasteiger partial charge on any atom is -0.485 e. The largest absolute Gasteiger partial charge is 0.485 e. The van der Waals surface area contributed by atoms with Crippen LogP contribution in [0.4, 0.5) is 23.7 Å². The number of amides is 1. The summed E-state index contributed by atoms with van der Waals surface area (Å²) in [4.78, 5) is 20.7. The molecule has 0 aliphatic rings. The molecule has 2 aromatic rings. The SMILES string of the molecule is Cn1nc(Oc2ccc([N+](=O)[O-])c(OCCNC(=O)O)c2)c(Cl)c1C(F)(F)F. The van der Waals surface area contributed by atoms with Gasteiger partial charge < -0.3 is 19.9 Å². The number of nitrogens with one attached hydrogen (secondary N) is 1. The van der Waals surface area contributed by atoms with Crippen LogP contribution in [0.5, 0.6) is 17.4 Å². The van der Waals surface area contributed by atoms with Crippen LogP contribution >= 0.6 is 11.6 Å². The molecule has 0 spiro atoms. The molecule has 0 unspecified atom stereocenters. The van der Waals surface area contributed by atoms with Gasteiger partial charge >= 0.3 is 18.0 Å². The van der Waals surface area contributed by atoms with Crippen molar-refractivity contribution < 1.29 is 37.5 Å². The monoisotopic (exact) mass is 424 g/mol. The van der Waals surface area contributed by atoms with E-state index in [0.29, 0.717) is 4.68 Å². The van der Waals surface area contributed by atoms with E-state index in [0.717, 1.165) is 25.2 Å². The number of nitro benzene ring substituents is 1. The first-order valence-electron chi connectivity index (χ1n) is 7.36. The number of aryl methyl sites for hydroxylation is 1. The third-order valence-corrected chi connectivity index (χ3v) is 3.55. The highest BCUT2D eigenvalue weighted by Gasteiger charge is 2.39. The molecule has 152 valence electrons. The summed E-state index contributed by atoms with van der Waals surface area (Å²) in [6.45, 7) is -0.391. The molecule has 0 atom stereocenters. The van der Waals surface area contributed by atoms with Gasteiger partial charge in [-0.05, 0) is 6.07 Å². The molecule has 0 bridgehead atoms. The summed E-state index contributed by atoms with van der Waals surface area (Å²) in [5.74, 6) is -0.956. The highest BCUT2D eigenvalue weighted by atomic mass is 35.5. The van der Waals surface area contributed by atoms with Crippen LogP contribution < -0.4 is 14.8 Å². The van der Waals surface area contributed by atoms with Crippen molar-refractivity contribution in [3.05, 3.63) is 39.0 Å². The molecule has 10 nitrogen and oxygen atoms in total. The number of halogens is 4. The second-order valence-corrected chi connectivity index (χ2v) is 5.54. The Morgan fingerprint density at radius 2 is 2.14 bits per heavy atom. The highest BCUT2D eigenvalue weighted by Crippen LogP contribution is 2.41. The Labute approximate surface area is 159 Å². The molecule has 0 aliphatic carbocycles. The quantitative estimate of drug-likeness (QED) is 0.395. The molecule has 0 saturated carbocycles. The number of nitrogens with zero attached hydrogens (tertiary/aromatic N) is 3. The summed E-state index contributed by atoms with van der Waals surface area (Å²) < 4.78 is 49.7. The normalized spacial score (nSPS) is 11.2. The number of hydrogen-bond acceptors (Lipinski definition) is 6. The van der Waals surface area contributed by atoms with Crippen molar-refractivity contribution in [1.29, 1.82) is 0 Å². The topological polar surface area (TPSA) is 129 Å². The number of aromatic nitrogens is 2. The Kier molecular flexibility index (Phi) is 6.18. The van der Waals surface area contributed by atoms with Gasteiger partial charge in [0.05, 0.1) is 11.5 Å². The number of rotatable bonds is 7. The van der Waals surface area contributed by atoms with Gasteiger partial charge in [-0.3, -0.25) is 14.8 Å². The average Bonchev–Trinajstić information content (AvgIpc) is 2.85. The van der Waals surface area contributed by atoms with Crippen molar-refractivity contribution in [1.82, 2.24) is 15.1 Å².